The maximum atomic E-state index is 9.12. The second kappa shape index (κ2) is 8.94. The molecule has 2 aromatic rings. The number of halogens is 2. The predicted octanol–water partition coefficient (Wildman–Crippen LogP) is -1.21. The highest BCUT2D eigenvalue weighted by Gasteiger charge is 2.12. The molecule has 0 aromatic heterocycles. The van der Waals surface area contributed by atoms with E-state index in [1.54, 1.807) is 0 Å². The Bertz CT molecular complexity index is 422. The Morgan fingerprint density at radius 1 is 0.944 bits per heavy atom. The molecule has 0 heterocycles. The lowest BCUT2D eigenvalue weighted by atomic mass is 10.4. The first-order valence-corrected chi connectivity index (χ1v) is 7.92. The van der Waals surface area contributed by atoms with Crippen molar-refractivity contribution in [3.8, 4) is 0 Å². The fourth-order valence-corrected chi connectivity index (χ4v) is 3.35. The summed E-state index contributed by atoms with van der Waals surface area (Å²) in [5.41, 5.74) is 0. The van der Waals surface area contributed by atoms with Crippen LogP contribution in [0.25, 0.3) is 0 Å². The Labute approximate surface area is 122 Å². The van der Waals surface area contributed by atoms with Gasteiger partial charge in [-0.1, -0.05) is 36.4 Å². The van der Waals surface area contributed by atoms with E-state index in [1.165, 1.54) is 7.14 Å². The van der Waals surface area contributed by atoms with Crippen molar-refractivity contribution in [2.24, 2.45) is 0 Å². The number of hydrogen-bond acceptors (Lipinski definition) is 2. The highest BCUT2D eigenvalue weighted by atomic mass is 127. The van der Waals surface area contributed by atoms with E-state index in [1.807, 2.05) is 0 Å². The molecule has 2 aromatic carbocycles. The van der Waals surface area contributed by atoms with Gasteiger partial charge >= 0.3 is 21.2 Å². The van der Waals surface area contributed by atoms with Crippen LogP contribution in [0.1, 0.15) is 0 Å². The van der Waals surface area contributed by atoms with Gasteiger partial charge in [-0.05, 0) is 24.3 Å². The summed E-state index contributed by atoms with van der Waals surface area (Å²) >= 11 is 4.70. The molecule has 0 saturated heterocycles. The molecule has 4 heteroatoms. The highest BCUT2D eigenvalue weighted by Crippen LogP contribution is 1.85. The average Bonchev–Trinajstić information content (AvgIpc) is 2.42. The third kappa shape index (κ3) is 6.61. The molecule has 2 rings (SSSR count). The molecule has 0 bridgehead atoms. The highest BCUT2D eigenvalue weighted by molar-refractivity contribution is 6.25. The summed E-state index contributed by atoms with van der Waals surface area (Å²) in [6, 6.07) is 21.4. The fraction of sp³-hybridized carbons (Fsp3) is 0.0714. The first-order valence-electron chi connectivity index (χ1n) is 5.23. The number of carbonyl (C=O) groups is 1. The summed E-state index contributed by atoms with van der Waals surface area (Å²) < 4.78 is 2.96. The average molecular weight is 375 g/mol. The van der Waals surface area contributed by atoms with Crippen LogP contribution in [0, 0.1) is 7.14 Å². The SMILES string of the molecule is O=C([O-])CCl.c1ccc([I+]c2ccccc2)cc1. The molecular weight excluding hydrogens is 363 g/mol. The van der Waals surface area contributed by atoms with Crippen molar-refractivity contribution >= 4 is 17.6 Å². The maximum Gasteiger partial charge on any atom is 0.357 e. The van der Waals surface area contributed by atoms with Gasteiger partial charge in [0.2, 0.25) is 0 Å². The van der Waals surface area contributed by atoms with E-state index in [2.05, 4.69) is 72.3 Å². The lowest BCUT2D eigenvalue weighted by Crippen LogP contribution is -3.61. The molecule has 2 nitrogen and oxygen atoms in total. The molecule has 0 aliphatic heterocycles. The Kier molecular flexibility index (Phi) is 7.44. The minimum atomic E-state index is -1.23. The molecule has 0 aliphatic carbocycles. The summed E-state index contributed by atoms with van der Waals surface area (Å²) in [5, 5.41) is 9.12. The quantitative estimate of drug-likeness (QED) is 0.500. The number of carboxylic acids is 1. The Morgan fingerprint density at radius 2 is 1.28 bits per heavy atom. The zero-order chi connectivity index (χ0) is 13.2. The summed E-state index contributed by atoms with van der Waals surface area (Å²) in [6.07, 6.45) is 0. The first kappa shape index (κ1) is 15.0. The van der Waals surface area contributed by atoms with E-state index in [-0.39, 0.29) is 21.2 Å². The van der Waals surface area contributed by atoms with Gasteiger partial charge in [0.1, 0.15) is 0 Å². The number of rotatable bonds is 3. The van der Waals surface area contributed by atoms with Gasteiger partial charge in [-0.15, -0.1) is 11.6 Å². The van der Waals surface area contributed by atoms with E-state index >= 15 is 0 Å². The molecule has 0 aliphatic rings. The fourth-order valence-electron chi connectivity index (χ4n) is 1.08. The Balaban J connectivity index is 0.000000280. The number of aliphatic carboxylic acids is 1. The number of benzene rings is 2. The molecule has 0 N–H and O–H groups in total. The number of carbonyl (C=O) groups excluding carboxylic acids is 1. The number of carboxylic acid groups (broad SMARTS) is 1. The summed E-state index contributed by atoms with van der Waals surface area (Å²) in [6.45, 7) is 0. The molecule has 0 spiro atoms. The molecule has 0 radical (unpaired) electrons. The second-order valence-electron chi connectivity index (χ2n) is 3.19. The largest absolute Gasteiger partial charge is 0.549 e. The summed E-state index contributed by atoms with van der Waals surface area (Å²) in [4.78, 5) is 9.12. The van der Waals surface area contributed by atoms with Crippen molar-refractivity contribution < 1.29 is 31.1 Å². The van der Waals surface area contributed by atoms with Crippen molar-refractivity contribution in [3.05, 3.63) is 67.8 Å². The molecular formula is C14H12ClIO2. The molecule has 0 atom stereocenters. The summed E-state index contributed by atoms with van der Waals surface area (Å²) in [7, 11) is 0. The monoisotopic (exact) mass is 374 g/mol. The lowest BCUT2D eigenvalue weighted by molar-refractivity contribution is -0.597. The molecule has 0 saturated carbocycles. The van der Waals surface area contributed by atoms with Crippen molar-refractivity contribution in [2.45, 2.75) is 0 Å². The number of hydrogen-bond donors (Lipinski definition) is 0. The van der Waals surface area contributed by atoms with Crippen LogP contribution in [0.4, 0.5) is 0 Å². The van der Waals surface area contributed by atoms with Gasteiger partial charge in [-0.3, -0.25) is 0 Å². The van der Waals surface area contributed by atoms with Gasteiger partial charge in [-0.2, -0.15) is 0 Å². The number of alkyl halides is 1. The smallest absolute Gasteiger partial charge is 0.357 e. The van der Waals surface area contributed by atoms with Gasteiger partial charge in [0, 0.05) is 0 Å². The van der Waals surface area contributed by atoms with Crippen molar-refractivity contribution in [1.82, 2.24) is 0 Å². The van der Waals surface area contributed by atoms with Crippen molar-refractivity contribution in [1.29, 1.82) is 0 Å². The van der Waals surface area contributed by atoms with E-state index in [9.17, 15) is 0 Å². The Morgan fingerprint density at radius 3 is 1.56 bits per heavy atom. The Hall–Kier alpha value is -1.07. The predicted molar refractivity (Wildman–Crippen MR) is 66.0 cm³/mol. The zero-order valence-corrected chi connectivity index (χ0v) is 12.5. The van der Waals surface area contributed by atoms with E-state index in [4.69, 9.17) is 9.90 Å². The minimum absolute atomic E-state index is 0.0287. The normalized spacial score (nSPS) is 9.17. The van der Waals surface area contributed by atoms with E-state index < -0.39 is 11.8 Å². The van der Waals surface area contributed by atoms with E-state index in [0.29, 0.717) is 0 Å². The minimum Gasteiger partial charge on any atom is -0.549 e. The maximum absolute atomic E-state index is 9.12. The van der Waals surface area contributed by atoms with Crippen LogP contribution in [0.3, 0.4) is 0 Å². The van der Waals surface area contributed by atoms with Crippen LogP contribution >= 0.6 is 11.6 Å². The third-order valence-electron chi connectivity index (χ3n) is 1.79. The summed E-state index contributed by atoms with van der Waals surface area (Å²) in [5.74, 6) is -1.65. The van der Waals surface area contributed by atoms with Crippen LogP contribution in [-0.4, -0.2) is 11.8 Å². The molecule has 0 amide bonds. The van der Waals surface area contributed by atoms with Gasteiger partial charge < -0.3 is 9.90 Å². The molecule has 18 heavy (non-hydrogen) atoms. The van der Waals surface area contributed by atoms with Gasteiger partial charge in [0.25, 0.3) is 0 Å². The van der Waals surface area contributed by atoms with Crippen LogP contribution in [-0.2, 0) is 4.79 Å². The van der Waals surface area contributed by atoms with Gasteiger partial charge in [0.15, 0.2) is 7.14 Å². The molecule has 94 valence electrons. The van der Waals surface area contributed by atoms with Crippen molar-refractivity contribution in [3.63, 3.8) is 0 Å². The topological polar surface area (TPSA) is 40.1 Å². The van der Waals surface area contributed by atoms with Gasteiger partial charge in [-0.25, -0.2) is 0 Å². The second-order valence-corrected chi connectivity index (χ2v) is 6.49. The van der Waals surface area contributed by atoms with Crippen LogP contribution < -0.4 is 26.3 Å². The lowest BCUT2D eigenvalue weighted by Gasteiger charge is -1.85. The van der Waals surface area contributed by atoms with Gasteiger partial charge in [0.05, 0.1) is 11.8 Å². The van der Waals surface area contributed by atoms with Crippen LogP contribution in [0.15, 0.2) is 60.7 Å². The standard InChI is InChI=1S/C12H10I.C2H3ClO2/c1-3-7-11(8-4-1)13-12-9-5-2-6-10-12;3-1-2(4)5/h1-10H;1H2,(H,4,5)/q+1;/p-1. The van der Waals surface area contributed by atoms with Crippen LogP contribution in [0.5, 0.6) is 0 Å². The van der Waals surface area contributed by atoms with Crippen LogP contribution in [0.2, 0.25) is 0 Å². The van der Waals surface area contributed by atoms with Crippen molar-refractivity contribution in [2.75, 3.05) is 5.88 Å². The first-order chi connectivity index (χ1) is 8.72. The molecule has 0 fully saturated rings. The van der Waals surface area contributed by atoms with E-state index in [0.717, 1.165) is 0 Å². The third-order valence-corrected chi connectivity index (χ3v) is 4.70. The zero-order valence-electron chi connectivity index (χ0n) is 9.55. The molecule has 0 unspecified atom stereocenters.